The quantitative estimate of drug-likeness (QED) is 0.905. The molecule has 100 valence electrons. The van der Waals surface area contributed by atoms with Crippen molar-refractivity contribution in [3.05, 3.63) is 65.2 Å². The molecule has 0 heterocycles. The zero-order valence-electron chi connectivity index (χ0n) is 11.8. The number of nitrogens with two attached hydrogens (primary N) is 1. The molecule has 0 spiro atoms. The normalized spacial score (nSPS) is 13.9. The largest absolute Gasteiger partial charge is 0.494 e. The van der Waals surface area contributed by atoms with Gasteiger partial charge in [-0.05, 0) is 49.6 Å². The molecule has 0 aliphatic heterocycles. The van der Waals surface area contributed by atoms with Crippen LogP contribution in [0.15, 0.2) is 48.5 Å². The highest BCUT2D eigenvalue weighted by atomic mass is 16.5. The molecule has 2 N–H and O–H groups in total. The lowest BCUT2D eigenvalue weighted by molar-refractivity contribution is 0.340. The summed E-state index contributed by atoms with van der Waals surface area (Å²) in [7, 11) is 0. The highest BCUT2D eigenvalue weighted by Gasteiger charge is 2.24. The van der Waals surface area contributed by atoms with Crippen molar-refractivity contribution in [2.45, 2.75) is 26.3 Å². The first kappa shape index (κ1) is 13.6. The molecule has 1 unspecified atom stereocenters. The molecule has 2 heteroatoms. The monoisotopic (exact) mass is 255 g/mol. The Hall–Kier alpha value is -1.80. The Balaban J connectivity index is 2.36. The average molecular weight is 255 g/mol. The Morgan fingerprint density at radius 1 is 1.05 bits per heavy atom. The fourth-order valence-electron chi connectivity index (χ4n) is 2.38. The van der Waals surface area contributed by atoms with Crippen LogP contribution in [-0.4, -0.2) is 6.61 Å². The van der Waals surface area contributed by atoms with E-state index in [1.54, 1.807) is 0 Å². The molecule has 2 aromatic carbocycles. The van der Waals surface area contributed by atoms with E-state index in [4.69, 9.17) is 10.5 Å². The molecular weight excluding hydrogens is 234 g/mol. The average Bonchev–Trinajstić information content (AvgIpc) is 2.40. The summed E-state index contributed by atoms with van der Waals surface area (Å²) >= 11 is 0. The van der Waals surface area contributed by atoms with Gasteiger partial charge in [0.2, 0.25) is 0 Å². The third-order valence-corrected chi connectivity index (χ3v) is 3.47. The van der Waals surface area contributed by atoms with E-state index in [1.165, 1.54) is 5.56 Å². The lowest BCUT2D eigenvalue weighted by atomic mass is 9.83. The Bertz CT molecular complexity index is 543. The van der Waals surface area contributed by atoms with Crippen LogP contribution in [0, 0.1) is 6.92 Å². The predicted molar refractivity (Wildman–Crippen MR) is 79.4 cm³/mol. The Morgan fingerprint density at radius 2 is 1.68 bits per heavy atom. The number of rotatable bonds is 4. The zero-order chi connectivity index (χ0) is 13.9. The molecule has 0 saturated carbocycles. The van der Waals surface area contributed by atoms with Crippen molar-refractivity contribution in [1.29, 1.82) is 0 Å². The van der Waals surface area contributed by atoms with Gasteiger partial charge in [-0.25, -0.2) is 0 Å². The summed E-state index contributed by atoms with van der Waals surface area (Å²) in [5.74, 6) is 0.881. The van der Waals surface area contributed by atoms with Crippen molar-refractivity contribution >= 4 is 0 Å². The number of ether oxygens (including phenoxy) is 1. The van der Waals surface area contributed by atoms with E-state index in [0.29, 0.717) is 6.61 Å². The van der Waals surface area contributed by atoms with Crippen LogP contribution in [0.2, 0.25) is 0 Å². The molecule has 2 nitrogen and oxygen atoms in total. The minimum Gasteiger partial charge on any atom is -0.494 e. The second-order valence-electron chi connectivity index (χ2n) is 4.97. The van der Waals surface area contributed by atoms with E-state index >= 15 is 0 Å². The third-order valence-electron chi connectivity index (χ3n) is 3.47. The summed E-state index contributed by atoms with van der Waals surface area (Å²) in [6, 6.07) is 16.3. The molecule has 0 saturated heterocycles. The summed E-state index contributed by atoms with van der Waals surface area (Å²) < 4.78 is 5.46. The van der Waals surface area contributed by atoms with Crippen molar-refractivity contribution in [3.8, 4) is 5.75 Å². The number of hydrogen-bond acceptors (Lipinski definition) is 2. The van der Waals surface area contributed by atoms with Gasteiger partial charge < -0.3 is 10.5 Å². The highest BCUT2D eigenvalue weighted by molar-refractivity contribution is 5.42. The van der Waals surface area contributed by atoms with Crippen LogP contribution >= 0.6 is 0 Å². The van der Waals surface area contributed by atoms with Gasteiger partial charge in [-0.2, -0.15) is 0 Å². The molecular formula is C17H21NO. The minimum atomic E-state index is -0.490. The van der Waals surface area contributed by atoms with E-state index in [1.807, 2.05) is 50.2 Å². The van der Waals surface area contributed by atoms with Gasteiger partial charge in [0, 0.05) is 0 Å². The number of aryl methyl sites for hydroxylation is 1. The van der Waals surface area contributed by atoms with Gasteiger partial charge in [-0.15, -0.1) is 0 Å². The molecule has 1 atom stereocenters. The zero-order valence-corrected chi connectivity index (χ0v) is 11.8. The van der Waals surface area contributed by atoms with E-state index < -0.39 is 5.54 Å². The molecule has 0 fully saturated rings. The van der Waals surface area contributed by atoms with Crippen molar-refractivity contribution in [3.63, 3.8) is 0 Å². The van der Waals surface area contributed by atoms with Crippen LogP contribution in [0.5, 0.6) is 5.75 Å². The molecule has 0 amide bonds. The summed E-state index contributed by atoms with van der Waals surface area (Å²) in [4.78, 5) is 0. The van der Waals surface area contributed by atoms with Gasteiger partial charge in [0.25, 0.3) is 0 Å². The molecule has 2 rings (SSSR count). The molecule has 0 bridgehead atoms. The summed E-state index contributed by atoms with van der Waals surface area (Å²) in [6.07, 6.45) is 0. The van der Waals surface area contributed by atoms with Crippen LogP contribution < -0.4 is 10.5 Å². The van der Waals surface area contributed by atoms with Crippen molar-refractivity contribution in [1.82, 2.24) is 0 Å². The molecule has 19 heavy (non-hydrogen) atoms. The van der Waals surface area contributed by atoms with E-state index in [9.17, 15) is 0 Å². The number of benzene rings is 2. The second kappa shape index (κ2) is 5.45. The third kappa shape index (κ3) is 2.79. The van der Waals surface area contributed by atoms with Crippen molar-refractivity contribution in [2.24, 2.45) is 5.73 Å². The van der Waals surface area contributed by atoms with Crippen LogP contribution in [0.3, 0.4) is 0 Å². The summed E-state index contributed by atoms with van der Waals surface area (Å²) in [5.41, 5.74) is 9.50. The summed E-state index contributed by atoms with van der Waals surface area (Å²) in [6.45, 7) is 6.80. The maximum atomic E-state index is 6.54. The SMILES string of the molecule is CCOc1ccc(C(C)(N)c2ccccc2C)cc1. The Morgan fingerprint density at radius 3 is 2.26 bits per heavy atom. The van der Waals surface area contributed by atoms with E-state index in [2.05, 4.69) is 19.1 Å². The number of hydrogen-bond donors (Lipinski definition) is 1. The van der Waals surface area contributed by atoms with Crippen LogP contribution in [-0.2, 0) is 5.54 Å². The Kier molecular flexibility index (Phi) is 3.91. The molecule has 0 aliphatic carbocycles. The van der Waals surface area contributed by atoms with Gasteiger partial charge in [-0.1, -0.05) is 36.4 Å². The molecule has 2 aromatic rings. The maximum absolute atomic E-state index is 6.54. The standard InChI is InChI=1S/C17H21NO/c1-4-19-15-11-9-14(10-12-15)17(3,18)16-8-6-5-7-13(16)2/h5-12H,4,18H2,1-3H3. The van der Waals surface area contributed by atoms with Crippen molar-refractivity contribution in [2.75, 3.05) is 6.61 Å². The fraction of sp³-hybridized carbons (Fsp3) is 0.294. The van der Waals surface area contributed by atoms with Crippen LogP contribution in [0.1, 0.15) is 30.5 Å². The van der Waals surface area contributed by atoms with Crippen molar-refractivity contribution < 1.29 is 4.74 Å². The Labute approximate surface area is 115 Å². The van der Waals surface area contributed by atoms with Gasteiger partial charge in [0.05, 0.1) is 12.1 Å². The lowest BCUT2D eigenvalue weighted by Crippen LogP contribution is -2.35. The molecule has 0 radical (unpaired) electrons. The lowest BCUT2D eigenvalue weighted by Gasteiger charge is -2.28. The van der Waals surface area contributed by atoms with E-state index in [-0.39, 0.29) is 0 Å². The topological polar surface area (TPSA) is 35.2 Å². The van der Waals surface area contributed by atoms with Gasteiger partial charge in [-0.3, -0.25) is 0 Å². The van der Waals surface area contributed by atoms with Crippen LogP contribution in [0.4, 0.5) is 0 Å². The molecule has 0 aromatic heterocycles. The predicted octanol–water partition coefficient (Wildman–Crippen LogP) is 3.62. The first-order valence-corrected chi connectivity index (χ1v) is 6.64. The van der Waals surface area contributed by atoms with Gasteiger partial charge in [0.15, 0.2) is 0 Å². The van der Waals surface area contributed by atoms with Crippen LogP contribution in [0.25, 0.3) is 0 Å². The highest BCUT2D eigenvalue weighted by Crippen LogP contribution is 2.29. The maximum Gasteiger partial charge on any atom is 0.119 e. The second-order valence-corrected chi connectivity index (χ2v) is 4.97. The first-order valence-electron chi connectivity index (χ1n) is 6.64. The van der Waals surface area contributed by atoms with Gasteiger partial charge in [0.1, 0.15) is 5.75 Å². The van der Waals surface area contributed by atoms with Gasteiger partial charge >= 0.3 is 0 Å². The minimum absolute atomic E-state index is 0.490. The van der Waals surface area contributed by atoms with E-state index in [0.717, 1.165) is 16.9 Å². The summed E-state index contributed by atoms with van der Waals surface area (Å²) in [5, 5.41) is 0. The smallest absolute Gasteiger partial charge is 0.119 e. The first-order chi connectivity index (χ1) is 9.05. The molecule has 0 aliphatic rings. The fourth-order valence-corrected chi connectivity index (χ4v) is 2.38.